The fraction of sp³-hybridized carbons (Fsp3) is 0.263. The van der Waals surface area contributed by atoms with Crippen LogP contribution in [0.25, 0.3) is 10.9 Å². The van der Waals surface area contributed by atoms with E-state index in [9.17, 15) is 4.79 Å². The molecule has 0 aliphatic rings. The molecule has 0 saturated heterocycles. The molecule has 3 rings (SSSR count). The number of hydrogen-bond acceptors (Lipinski definition) is 3. The van der Waals surface area contributed by atoms with E-state index in [1.165, 1.54) is 0 Å². The van der Waals surface area contributed by atoms with E-state index in [-0.39, 0.29) is 5.56 Å². The highest BCUT2D eigenvalue weighted by atomic mass is 35.5. The Morgan fingerprint density at radius 3 is 2.62 bits per heavy atom. The van der Waals surface area contributed by atoms with Crippen molar-refractivity contribution in [3.05, 3.63) is 69.5 Å². The zero-order valence-electron chi connectivity index (χ0n) is 13.5. The van der Waals surface area contributed by atoms with Crippen LogP contribution in [0.5, 0.6) is 0 Å². The number of unbranched alkanes of at least 4 members (excludes halogenated alkanes) is 1. The van der Waals surface area contributed by atoms with Gasteiger partial charge in [0, 0.05) is 17.3 Å². The maximum absolute atomic E-state index is 12.8. The average Bonchev–Trinajstić information content (AvgIpc) is 2.61. The lowest BCUT2D eigenvalue weighted by Gasteiger charge is -2.12. The van der Waals surface area contributed by atoms with Crippen LogP contribution in [-0.2, 0) is 12.3 Å². The molecule has 0 bridgehead atoms. The van der Waals surface area contributed by atoms with Crippen molar-refractivity contribution in [3.63, 3.8) is 0 Å². The fourth-order valence-electron chi connectivity index (χ4n) is 2.50. The maximum atomic E-state index is 12.8. The van der Waals surface area contributed by atoms with Crippen LogP contribution in [0.4, 0.5) is 0 Å². The smallest absolute Gasteiger partial charge is 0.262 e. The molecule has 0 aliphatic carbocycles. The summed E-state index contributed by atoms with van der Waals surface area (Å²) in [7, 11) is 0. The van der Waals surface area contributed by atoms with Crippen LogP contribution in [0.15, 0.2) is 58.5 Å². The molecule has 3 nitrogen and oxygen atoms in total. The Morgan fingerprint density at radius 2 is 1.88 bits per heavy atom. The molecular formula is C19H19ClN2OS. The summed E-state index contributed by atoms with van der Waals surface area (Å²) >= 11 is 7.53. The zero-order chi connectivity index (χ0) is 16.9. The highest BCUT2D eigenvalue weighted by Crippen LogP contribution is 2.23. The number of nitrogens with zero attached hydrogens (tertiary/aromatic N) is 2. The molecule has 0 radical (unpaired) electrons. The Labute approximate surface area is 150 Å². The molecule has 0 atom stereocenters. The third-order valence-electron chi connectivity index (χ3n) is 3.84. The van der Waals surface area contributed by atoms with Crippen molar-refractivity contribution in [2.75, 3.05) is 0 Å². The SMILES string of the molecule is CCCCn1c(SCc2ccc(Cl)cc2)nc2ccccc2c1=O. The van der Waals surface area contributed by atoms with Crippen LogP contribution in [0.1, 0.15) is 25.3 Å². The molecule has 0 spiro atoms. The van der Waals surface area contributed by atoms with Gasteiger partial charge in [0.05, 0.1) is 10.9 Å². The molecule has 0 unspecified atom stereocenters. The second kappa shape index (κ2) is 7.86. The number of hydrogen-bond donors (Lipinski definition) is 0. The van der Waals surface area contributed by atoms with E-state index in [0.717, 1.165) is 39.9 Å². The summed E-state index contributed by atoms with van der Waals surface area (Å²) in [4.78, 5) is 17.5. The highest BCUT2D eigenvalue weighted by Gasteiger charge is 2.11. The van der Waals surface area contributed by atoms with E-state index >= 15 is 0 Å². The summed E-state index contributed by atoms with van der Waals surface area (Å²) < 4.78 is 1.81. The number of halogens is 1. The highest BCUT2D eigenvalue weighted by molar-refractivity contribution is 7.98. The number of fused-ring (bicyclic) bond motifs is 1. The van der Waals surface area contributed by atoms with Crippen LogP contribution in [0, 0.1) is 0 Å². The molecular weight excluding hydrogens is 340 g/mol. The Bertz CT molecular complexity index is 890. The van der Waals surface area contributed by atoms with Gasteiger partial charge < -0.3 is 0 Å². The van der Waals surface area contributed by atoms with Gasteiger partial charge >= 0.3 is 0 Å². The Hall–Kier alpha value is -1.78. The van der Waals surface area contributed by atoms with E-state index in [1.807, 2.05) is 53.1 Å². The van der Waals surface area contributed by atoms with Crippen LogP contribution < -0.4 is 5.56 Å². The molecule has 124 valence electrons. The number of thioether (sulfide) groups is 1. The number of para-hydroxylation sites is 1. The third kappa shape index (κ3) is 3.82. The first kappa shape index (κ1) is 17.1. The predicted octanol–water partition coefficient (Wildman–Crippen LogP) is 5.14. The molecule has 2 aromatic carbocycles. The molecule has 0 saturated carbocycles. The van der Waals surface area contributed by atoms with Gasteiger partial charge in [-0.05, 0) is 36.2 Å². The van der Waals surface area contributed by atoms with Crippen LogP contribution in [0.2, 0.25) is 5.02 Å². The van der Waals surface area contributed by atoms with Gasteiger partial charge in [-0.3, -0.25) is 9.36 Å². The van der Waals surface area contributed by atoms with Gasteiger partial charge in [-0.2, -0.15) is 0 Å². The van der Waals surface area contributed by atoms with Crippen molar-refractivity contribution in [1.82, 2.24) is 9.55 Å². The van der Waals surface area contributed by atoms with Crippen molar-refractivity contribution in [2.24, 2.45) is 0 Å². The van der Waals surface area contributed by atoms with Gasteiger partial charge in [0.2, 0.25) is 0 Å². The number of rotatable bonds is 6. The van der Waals surface area contributed by atoms with Gasteiger partial charge in [-0.25, -0.2) is 4.98 Å². The van der Waals surface area contributed by atoms with Crippen LogP contribution in [0.3, 0.4) is 0 Å². The molecule has 0 aliphatic heterocycles. The van der Waals surface area contributed by atoms with E-state index in [2.05, 4.69) is 6.92 Å². The first-order valence-electron chi connectivity index (χ1n) is 8.06. The third-order valence-corrected chi connectivity index (χ3v) is 5.14. The van der Waals surface area contributed by atoms with Gasteiger partial charge in [-0.15, -0.1) is 0 Å². The van der Waals surface area contributed by atoms with Crippen LogP contribution >= 0.6 is 23.4 Å². The second-order valence-electron chi connectivity index (χ2n) is 5.64. The van der Waals surface area contributed by atoms with Crippen molar-refractivity contribution in [2.45, 2.75) is 37.2 Å². The summed E-state index contributed by atoms with van der Waals surface area (Å²) in [5.74, 6) is 0.758. The Morgan fingerprint density at radius 1 is 1.12 bits per heavy atom. The summed E-state index contributed by atoms with van der Waals surface area (Å²) in [5.41, 5.74) is 1.97. The summed E-state index contributed by atoms with van der Waals surface area (Å²) in [5, 5.41) is 2.19. The maximum Gasteiger partial charge on any atom is 0.262 e. The topological polar surface area (TPSA) is 34.9 Å². The van der Waals surface area contributed by atoms with Crippen LogP contribution in [-0.4, -0.2) is 9.55 Å². The Kier molecular flexibility index (Phi) is 5.59. The standard InChI is InChI=1S/C19H19ClN2OS/c1-2-3-12-22-18(23)16-6-4-5-7-17(16)21-19(22)24-13-14-8-10-15(20)11-9-14/h4-11H,2-3,12-13H2,1H3. The summed E-state index contributed by atoms with van der Waals surface area (Å²) in [6.45, 7) is 2.83. The number of aromatic nitrogens is 2. The summed E-state index contributed by atoms with van der Waals surface area (Å²) in [6, 6.07) is 15.3. The first-order valence-corrected chi connectivity index (χ1v) is 9.42. The van der Waals surface area contributed by atoms with Gasteiger partial charge in [-0.1, -0.05) is 61.0 Å². The minimum atomic E-state index is 0.0488. The average molecular weight is 359 g/mol. The van der Waals surface area contributed by atoms with Crippen molar-refractivity contribution in [3.8, 4) is 0 Å². The normalized spacial score (nSPS) is 11.1. The zero-order valence-corrected chi connectivity index (χ0v) is 15.1. The molecule has 3 aromatic rings. The predicted molar refractivity (Wildman–Crippen MR) is 102 cm³/mol. The molecule has 1 heterocycles. The minimum absolute atomic E-state index is 0.0488. The molecule has 0 amide bonds. The molecule has 24 heavy (non-hydrogen) atoms. The van der Waals surface area contributed by atoms with E-state index in [0.29, 0.717) is 11.9 Å². The lowest BCUT2D eigenvalue weighted by Crippen LogP contribution is -2.23. The van der Waals surface area contributed by atoms with Gasteiger partial charge in [0.25, 0.3) is 5.56 Å². The minimum Gasteiger partial charge on any atom is -0.287 e. The molecule has 0 N–H and O–H groups in total. The first-order chi connectivity index (χ1) is 11.7. The van der Waals surface area contributed by atoms with Gasteiger partial charge in [0.1, 0.15) is 0 Å². The lowest BCUT2D eigenvalue weighted by molar-refractivity contribution is 0.557. The van der Waals surface area contributed by atoms with E-state index in [1.54, 1.807) is 11.8 Å². The van der Waals surface area contributed by atoms with Crippen molar-refractivity contribution < 1.29 is 0 Å². The molecule has 1 aromatic heterocycles. The number of benzene rings is 2. The van der Waals surface area contributed by atoms with E-state index < -0.39 is 0 Å². The Balaban J connectivity index is 1.95. The van der Waals surface area contributed by atoms with E-state index in [4.69, 9.17) is 16.6 Å². The molecule has 5 heteroatoms. The summed E-state index contributed by atoms with van der Waals surface area (Å²) in [6.07, 6.45) is 2.01. The quantitative estimate of drug-likeness (QED) is 0.452. The van der Waals surface area contributed by atoms with Crippen molar-refractivity contribution in [1.29, 1.82) is 0 Å². The second-order valence-corrected chi connectivity index (χ2v) is 7.02. The fourth-order valence-corrected chi connectivity index (χ4v) is 3.61. The monoisotopic (exact) mass is 358 g/mol. The largest absolute Gasteiger partial charge is 0.287 e. The van der Waals surface area contributed by atoms with Gasteiger partial charge in [0.15, 0.2) is 5.16 Å². The molecule has 0 fully saturated rings. The van der Waals surface area contributed by atoms with Crippen molar-refractivity contribution >= 4 is 34.3 Å². The lowest BCUT2D eigenvalue weighted by atomic mass is 10.2.